The Morgan fingerprint density at radius 3 is 1.28 bits per heavy atom. The highest BCUT2D eigenvalue weighted by atomic mass is 15.0. The normalized spacial score (nSPS) is 11.2. The van der Waals surface area contributed by atoms with E-state index < -0.39 is 0 Å². The van der Waals surface area contributed by atoms with Gasteiger partial charge >= 0.3 is 0 Å². The second-order valence-corrected chi connectivity index (χ2v) is 12.4. The maximum atomic E-state index is 10.2. The van der Waals surface area contributed by atoms with Crippen molar-refractivity contribution in [2.75, 3.05) is 0 Å². The van der Waals surface area contributed by atoms with Gasteiger partial charge in [0.2, 0.25) is 0 Å². The van der Waals surface area contributed by atoms with Crippen molar-refractivity contribution in [3.8, 4) is 62.5 Å². The minimum atomic E-state index is 0.511. The fraction of sp³-hybridized carbons (Fsp3) is 0. The highest BCUT2D eigenvalue weighted by Gasteiger charge is 2.16. The van der Waals surface area contributed by atoms with E-state index in [-0.39, 0.29) is 0 Å². The van der Waals surface area contributed by atoms with Crippen molar-refractivity contribution in [1.29, 1.82) is 5.26 Å². The van der Waals surface area contributed by atoms with Gasteiger partial charge in [-0.2, -0.15) is 5.26 Å². The van der Waals surface area contributed by atoms with Gasteiger partial charge in [-0.1, -0.05) is 146 Å². The topological polar surface area (TPSA) is 62.5 Å². The van der Waals surface area contributed by atoms with Crippen LogP contribution in [0.4, 0.5) is 0 Å². The smallest absolute Gasteiger partial charge is 0.164 e. The van der Waals surface area contributed by atoms with Gasteiger partial charge in [-0.3, -0.25) is 0 Å². The zero-order valence-electron chi connectivity index (χ0n) is 27.0. The summed E-state index contributed by atoms with van der Waals surface area (Å²) in [5.74, 6) is 1.66. The minimum Gasteiger partial charge on any atom is -0.208 e. The van der Waals surface area contributed by atoms with Crippen LogP contribution < -0.4 is 0 Å². The number of nitrogens with zero attached hydrogens (tertiary/aromatic N) is 4. The van der Waals surface area contributed by atoms with Crippen LogP contribution in [0.3, 0.4) is 0 Å². The summed E-state index contributed by atoms with van der Waals surface area (Å²) in [4.78, 5) is 14.9. The lowest BCUT2D eigenvalue weighted by Gasteiger charge is -2.13. The van der Waals surface area contributed by atoms with Crippen LogP contribution in [-0.4, -0.2) is 15.0 Å². The Labute approximate surface area is 289 Å². The third-order valence-electron chi connectivity index (χ3n) is 9.32. The maximum Gasteiger partial charge on any atom is 0.164 e. The van der Waals surface area contributed by atoms with Crippen molar-refractivity contribution in [1.82, 2.24) is 15.0 Å². The second kappa shape index (κ2) is 12.2. The van der Waals surface area contributed by atoms with Crippen LogP contribution in [0.15, 0.2) is 170 Å². The molecule has 0 spiro atoms. The maximum absolute atomic E-state index is 10.2. The van der Waals surface area contributed by atoms with Crippen LogP contribution in [0, 0.1) is 11.3 Å². The largest absolute Gasteiger partial charge is 0.208 e. The van der Waals surface area contributed by atoms with Gasteiger partial charge in [0, 0.05) is 16.7 Å². The molecular weight excluding hydrogens is 609 g/mol. The van der Waals surface area contributed by atoms with E-state index in [1.54, 1.807) is 0 Å². The highest BCUT2D eigenvalue weighted by Crippen LogP contribution is 2.38. The van der Waals surface area contributed by atoms with E-state index in [0.29, 0.717) is 23.0 Å². The number of nitriles is 1. The van der Waals surface area contributed by atoms with E-state index in [9.17, 15) is 5.26 Å². The summed E-state index contributed by atoms with van der Waals surface area (Å²) in [6, 6.07) is 60.5. The number of hydrogen-bond donors (Lipinski definition) is 0. The zero-order valence-corrected chi connectivity index (χ0v) is 27.0. The molecule has 4 heteroatoms. The average molecular weight is 637 g/mol. The van der Waals surface area contributed by atoms with E-state index >= 15 is 0 Å². The summed E-state index contributed by atoms with van der Waals surface area (Å²) >= 11 is 0. The summed E-state index contributed by atoms with van der Waals surface area (Å²) in [6.07, 6.45) is 0. The molecule has 0 aliphatic heterocycles. The lowest BCUT2D eigenvalue weighted by atomic mass is 9.91. The SMILES string of the molecule is N#Cc1cc(-c2ccc3c4ccccc4c4ccccc4c3c2)cc(-c2nc(-c3ccccc3)nc(-c3ccc(-c4ccccc4)cc3)n2)c1. The first-order valence-corrected chi connectivity index (χ1v) is 16.6. The molecule has 0 saturated heterocycles. The van der Waals surface area contributed by atoms with Crippen molar-refractivity contribution in [3.05, 3.63) is 175 Å². The van der Waals surface area contributed by atoms with E-state index in [0.717, 1.165) is 38.9 Å². The molecule has 50 heavy (non-hydrogen) atoms. The van der Waals surface area contributed by atoms with Gasteiger partial charge < -0.3 is 0 Å². The van der Waals surface area contributed by atoms with Crippen molar-refractivity contribution in [2.24, 2.45) is 0 Å². The Balaban J connectivity index is 1.20. The Morgan fingerprint density at radius 2 is 0.700 bits per heavy atom. The number of aromatic nitrogens is 3. The van der Waals surface area contributed by atoms with Crippen LogP contribution in [0.1, 0.15) is 5.56 Å². The molecule has 0 aliphatic rings. The highest BCUT2D eigenvalue weighted by molar-refractivity contribution is 6.25. The average Bonchev–Trinajstić information content (AvgIpc) is 3.21. The van der Waals surface area contributed by atoms with Crippen molar-refractivity contribution < 1.29 is 0 Å². The van der Waals surface area contributed by atoms with E-state index in [1.165, 1.54) is 32.3 Å². The molecule has 1 heterocycles. The standard InChI is InChI=1S/C46H28N4/c47-29-30-25-36(35-23-24-42-40-17-8-7-15-38(40)39-16-9-10-18-41(39)43(42)28-35)27-37(26-30)46-49-44(33-13-5-2-6-14-33)48-45(50-46)34-21-19-32(20-22-34)31-11-3-1-4-12-31/h1-28H. The first-order chi connectivity index (χ1) is 24.7. The Morgan fingerprint density at radius 1 is 0.300 bits per heavy atom. The van der Waals surface area contributed by atoms with Crippen LogP contribution in [-0.2, 0) is 0 Å². The number of hydrogen-bond acceptors (Lipinski definition) is 4. The molecule has 0 aliphatic carbocycles. The molecule has 9 rings (SSSR count). The molecule has 0 bridgehead atoms. The molecular formula is C46H28N4. The van der Waals surface area contributed by atoms with E-state index in [4.69, 9.17) is 15.0 Å². The fourth-order valence-electron chi connectivity index (χ4n) is 6.87. The monoisotopic (exact) mass is 636 g/mol. The van der Waals surface area contributed by atoms with Gasteiger partial charge in [0.1, 0.15) is 0 Å². The predicted octanol–water partition coefficient (Wildman–Crippen LogP) is 11.5. The second-order valence-electron chi connectivity index (χ2n) is 12.4. The molecule has 1 aromatic heterocycles. The lowest BCUT2D eigenvalue weighted by Crippen LogP contribution is -2.00. The van der Waals surface area contributed by atoms with Crippen LogP contribution in [0.2, 0.25) is 0 Å². The van der Waals surface area contributed by atoms with Gasteiger partial charge in [-0.25, -0.2) is 15.0 Å². The van der Waals surface area contributed by atoms with Crippen LogP contribution in [0.25, 0.3) is 88.7 Å². The summed E-state index contributed by atoms with van der Waals surface area (Å²) in [6.45, 7) is 0. The van der Waals surface area contributed by atoms with Gasteiger partial charge in [0.15, 0.2) is 17.5 Å². The molecule has 4 nitrogen and oxygen atoms in total. The summed E-state index contributed by atoms with van der Waals surface area (Å²) < 4.78 is 0. The molecule has 0 fully saturated rings. The van der Waals surface area contributed by atoms with Gasteiger partial charge in [-0.15, -0.1) is 0 Å². The molecule has 0 saturated carbocycles. The summed E-state index contributed by atoms with van der Waals surface area (Å²) in [5.41, 5.74) is 7.28. The fourth-order valence-corrected chi connectivity index (χ4v) is 6.87. The lowest BCUT2D eigenvalue weighted by molar-refractivity contribution is 1.07. The molecule has 0 atom stereocenters. The molecule has 9 aromatic rings. The Kier molecular flexibility index (Phi) is 7.15. The van der Waals surface area contributed by atoms with Crippen molar-refractivity contribution >= 4 is 32.3 Å². The summed E-state index contributed by atoms with van der Waals surface area (Å²) in [5, 5.41) is 17.5. The van der Waals surface area contributed by atoms with E-state index in [1.807, 2.05) is 60.7 Å². The van der Waals surface area contributed by atoms with E-state index in [2.05, 4.69) is 115 Å². The van der Waals surface area contributed by atoms with Crippen molar-refractivity contribution in [2.45, 2.75) is 0 Å². The first kappa shape index (κ1) is 29.2. The zero-order chi connectivity index (χ0) is 33.4. The van der Waals surface area contributed by atoms with Crippen LogP contribution in [0.5, 0.6) is 0 Å². The molecule has 8 aromatic carbocycles. The van der Waals surface area contributed by atoms with Crippen LogP contribution >= 0.6 is 0 Å². The Bertz CT molecular complexity index is 2710. The molecule has 232 valence electrons. The molecule has 0 N–H and O–H groups in total. The third-order valence-corrected chi connectivity index (χ3v) is 9.32. The number of rotatable bonds is 5. The van der Waals surface area contributed by atoms with Gasteiger partial charge in [0.05, 0.1) is 11.6 Å². The number of fused-ring (bicyclic) bond motifs is 6. The Hall–Kier alpha value is -6.96. The molecule has 0 amide bonds. The third kappa shape index (κ3) is 5.24. The van der Waals surface area contributed by atoms with Gasteiger partial charge in [0.25, 0.3) is 0 Å². The first-order valence-electron chi connectivity index (χ1n) is 16.6. The quantitative estimate of drug-likeness (QED) is 0.176. The number of benzene rings is 8. The minimum absolute atomic E-state index is 0.511. The molecule has 0 unspecified atom stereocenters. The molecule has 0 radical (unpaired) electrons. The predicted molar refractivity (Wildman–Crippen MR) is 204 cm³/mol. The van der Waals surface area contributed by atoms with Crippen molar-refractivity contribution in [3.63, 3.8) is 0 Å². The van der Waals surface area contributed by atoms with Gasteiger partial charge in [-0.05, 0) is 78.8 Å². The summed E-state index contributed by atoms with van der Waals surface area (Å²) in [7, 11) is 0.